The first kappa shape index (κ1) is 14.8. The molecule has 0 saturated heterocycles. The monoisotopic (exact) mass is 287 g/mol. The van der Waals surface area contributed by atoms with E-state index in [4.69, 9.17) is 4.74 Å². The van der Waals surface area contributed by atoms with Crippen molar-refractivity contribution in [2.45, 2.75) is 26.4 Å². The summed E-state index contributed by atoms with van der Waals surface area (Å²) in [6.45, 7) is 5.37. The van der Waals surface area contributed by atoms with Gasteiger partial charge in [-0.05, 0) is 56.7 Å². The molecule has 110 valence electrons. The molecule has 1 N–H and O–H groups in total. The minimum Gasteiger partial charge on any atom is -0.507 e. The smallest absolute Gasteiger partial charge is 0.418 e. The number of aromatic hydroxyl groups is 1. The lowest BCUT2D eigenvalue weighted by atomic mass is 10.1. The van der Waals surface area contributed by atoms with Gasteiger partial charge in [0.2, 0.25) is 0 Å². The summed E-state index contributed by atoms with van der Waals surface area (Å²) in [6.07, 6.45) is 1.67. The summed E-state index contributed by atoms with van der Waals surface area (Å²) in [6, 6.07) is 8.04. The van der Waals surface area contributed by atoms with Crippen LogP contribution >= 0.6 is 0 Å². The lowest BCUT2D eigenvalue weighted by Gasteiger charge is -2.20. The molecule has 0 aliphatic rings. The summed E-state index contributed by atoms with van der Waals surface area (Å²) in [7, 11) is 0. The van der Waals surface area contributed by atoms with E-state index in [2.05, 4.69) is 0 Å². The number of hydrogen-bond donors (Lipinski definition) is 1. The second kappa shape index (κ2) is 5.44. The Morgan fingerprint density at radius 1 is 1.29 bits per heavy atom. The Morgan fingerprint density at radius 2 is 2.00 bits per heavy atom. The molecule has 0 radical (unpaired) electrons. The molecule has 1 aromatic heterocycles. The number of nitrogens with zero attached hydrogens (tertiary/aromatic N) is 1. The Balaban J connectivity index is 2.41. The molecule has 0 bridgehead atoms. The van der Waals surface area contributed by atoms with E-state index in [1.807, 2.05) is 0 Å². The van der Waals surface area contributed by atoms with Gasteiger partial charge in [0.05, 0.1) is 11.3 Å². The zero-order valence-electron chi connectivity index (χ0n) is 12.2. The molecule has 0 fully saturated rings. The van der Waals surface area contributed by atoms with Crippen molar-refractivity contribution in [2.75, 3.05) is 0 Å². The van der Waals surface area contributed by atoms with Gasteiger partial charge in [0.25, 0.3) is 0 Å². The number of aldehydes is 1. The predicted molar refractivity (Wildman–Crippen MR) is 78.6 cm³/mol. The van der Waals surface area contributed by atoms with E-state index in [0.717, 1.165) is 0 Å². The van der Waals surface area contributed by atoms with E-state index in [1.165, 1.54) is 16.7 Å². The molecular formula is C16H17NO4. The van der Waals surface area contributed by atoms with Gasteiger partial charge in [-0.1, -0.05) is 0 Å². The van der Waals surface area contributed by atoms with Crippen LogP contribution in [0.1, 0.15) is 31.1 Å². The predicted octanol–water partition coefficient (Wildman–Crippen LogP) is 3.46. The SMILES string of the molecule is CC(C)(C)OC(=O)n1cccc1-c1ccc(O)c(C=O)c1. The zero-order valence-corrected chi connectivity index (χ0v) is 12.2. The largest absolute Gasteiger partial charge is 0.507 e. The molecule has 0 unspecified atom stereocenters. The van der Waals surface area contributed by atoms with Crippen LogP contribution in [0.4, 0.5) is 4.79 Å². The van der Waals surface area contributed by atoms with Gasteiger partial charge in [-0.15, -0.1) is 0 Å². The fraction of sp³-hybridized carbons (Fsp3) is 0.250. The van der Waals surface area contributed by atoms with Crippen molar-refractivity contribution in [2.24, 2.45) is 0 Å². The van der Waals surface area contributed by atoms with Crippen molar-refractivity contribution in [3.8, 4) is 17.0 Å². The number of phenols is 1. The maximum absolute atomic E-state index is 12.2. The summed E-state index contributed by atoms with van der Waals surface area (Å²) < 4.78 is 6.70. The first-order valence-electron chi connectivity index (χ1n) is 6.51. The number of benzene rings is 1. The van der Waals surface area contributed by atoms with E-state index < -0.39 is 11.7 Å². The number of phenolic OH excluding ortho intramolecular Hbond substituents is 1. The third-order valence-electron chi connectivity index (χ3n) is 2.79. The highest BCUT2D eigenvalue weighted by Crippen LogP contribution is 2.26. The van der Waals surface area contributed by atoms with Crippen LogP contribution in [0.25, 0.3) is 11.3 Å². The summed E-state index contributed by atoms with van der Waals surface area (Å²) >= 11 is 0. The Kier molecular flexibility index (Phi) is 3.84. The molecule has 2 rings (SSSR count). The Morgan fingerprint density at radius 3 is 2.62 bits per heavy atom. The highest BCUT2D eigenvalue weighted by molar-refractivity contribution is 5.84. The number of aromatic nitrogens is 1. The third-order valence-corrected chi connectivity index (χ3v) is 2.79. The Labute approximate surface area is 122 Å². The first-order chi connectivity index (χ1) is 9.81. The average molecular weight is 287 g/mol. The second-order valence-electron chi connectivity index (χ2n) is 5.64. The maximum Gasteiger partial charge on any atom is 0.418 e. The molecule has 0 saturated carbocycles. The number of rotatable bonds is 2. The lowest BCUT2D eigenvalue weighted by Crippen LogP contribution is -2.27. The van der Waals surface area contributed by atoms with Crippen molar-refractivity contribution in [3.05, 3.63) is 42.1 Å². The molecule has 0 atom stereocenters. The van der Waals surface area contributed by atoms with Gasteiger partial charge in [-0.2, -0.15) is 0 Å². The number of carbonyl (C=O) groups is 2. The average Bonchev–Trinajstić information content (AvgIpc) is 2.86. The van der Waals surface area contributed by atoms with E-state index in [0.29, 0.717) is 17.5 Å². The number of carbonyl (C=O) groups excluding carboxylic acids is 2. The highest BCUT2D eigenvalue weighted by atomic mass is 16.6. The van der Waals surface area contributed by atoms with Crippen molar-refractivity contribution in [1.82, 2.24) is 4.57 Å². The van der Waals surface area contributed by atoms with Gasteiger partial charge in [0.1, 0.15) is 11.4 Å². The van der Waals surface area contributed by atoms with Gasteiger partial charge in [-0.3, -0.25) is 9.36 Å². The van der Waals surface area contributed by atoms with Crippen LogP contribution < -0.4 is 0 Å². The van der Waals surface area contributed by atoms with Crippen molar-refractivity contribution >= 4 is 12.4 Å². The van der Waals surface area contributed by atoms with E-state index in [1.54, 1.807) is 45.2 Å². The van der Waals surface area contributed by atoms with Crippen LogP contribution in [0.5, 0.6) is 5.75 Å². The number of hydrogen-bond acceptors (Lipinski definition) is 4. The van der Waals surface area contributed by atoms with Crippen molar-refractivity contribution < 1.29 is 19.4 Å². The topological polar surface area (TPSA) is 68.5 Å². The number of ether oxygens (including phenoxy) is 1. The quantitative estimate of drug-likeness (QED) is 0.859. The molecule has 0 amide bonds. The minimum atomic E-state index is -0.596. The molecule has 1 heterocycles. The van der Waals surface area contributed by atoms with E-state index in [9.17, 15) is 14.7 Å². The van der Waals surface area contributed by atoms with Gasteiger partial charge in [0.15, 0.2) is 6.29 Å². The molecule has 5 nitrogen and oxygen atoms in total. The lowest BCUT2D eigenvalue weighted by molar-refractivity contribution is 0.0540. The van der Waals surface area contributed by atoms with Crippen LogP contribution in [0.2, 0.25) is 0 Å². The highest BCUT2D eigenvalue weighted by Gasteiger charge is 2.20. The van der Waals surface area contributed by atoms with Crippen molar-refractivity contribution in [3.63, 3.8) is 0 Å². The molecule has 1 aromatic carbocycles. The molecule has 21 heavy (non-hydrogen) atoms. The summed E-state index contributed by atoms with van der Waals surface area (Å²) in [5, 5.41) is 9.53. The summed E-state index contributed by atoms with van der Waals surface area (Å²) in [4.78, 5) is 23.1. The summed E-state index contributed by atoms with van der Waals surface area (Å²) in [5.41, 5.74) is 0.809. The minimum absolute atomic E-state index is 0.0934. The van der Waals surface area contributed by atoms with Gasteiger partial charge < -0.3 is 9.84 Å². The van der Waals surface area contributed by atoms with Crippen LogP contribution in [0, 0.1) is 0 Å². The van der Waals surface area contributed by atoms with Gasteiger partial charge in [0, 0.05) is 6.20 Å². The normalized spacial score (nSPS) is 11.2. The van der Waals surface area contributed by atoms with Gasteiger partial charge >= 0.3 is 6.09 Å². The Bertz CT molecular complexity index is 680. The zero-order chi connectivity index (χ0) is 15.6. The summed E-state index contributed by atoms with van der Waals surface area (Å²) in [5.74, 6) is -0.0934. The van der Waals surface area contributed by atoms with Crippen LogP contribution in [-0.2, 0) is 4.74 Å². The maximum atomic E-state index is 12.2. The van der Waals surface area contributed by atoms with Crippen LogP contribution in [-0.4, -0.2) is 27.7 Å². The molecule has 0 spiro atoms. The second-order valence-corrected chi connectivity index (χ2v) is 5.64. The molecule has 0 aliphatic heterocycles. The molecular weight excluding hydrogens is 270 g/mol. The molecule has 5 heteroatoms. The van der Waals surface area contributed by atoms with Gasteiger partial charge in [-0.25, -0.2) is 4.79 Å². The van der Waals surface area contributed by atoms with E-state index in [-0.39, 0.29) is 11.3 Å². The molecule has 2 aromatic rings. The standard InChI is InChI=1S/C16H17NO4/c1-16(2,3)21-15(20)17-8-4-5-13(17)11-6-7-14(19)12(9-11)10-18/h4-10,19H,1-3H3. The van der Waals surface area contributed by atoms with Crippen LogP contribution in [0.15, 0.2) is 36.5 Å². The Hall–Kier alpha value is -2.56. The third kappa shape index (κ3) is 3.31. The van der Waals surface area contributed by atoms with E-state index >= 15 is 0 Å². The fourth-order valence-corrected chi connectivity index (χ4v) is 1.89. The van der Waals surface area contributed by atoms with Crippen LogP contribution in [0.3, 0.4) is 0 Å². The van der Waals surface area contributed by atoms with Crippen molar-refractivity contribution in [1.29, 1.82) is 0 Å². The first-order valence-corrected chi connectivity index (χ1v) is 6.51. The fourth-order valence-electron chi connectivity index (χ4n) is 1.89. The molecule has 0 aliphatic carbocycles.